The fourth-order valence-electron chi connectivity index (χ4n) is 4.58. The zero-order valence-corrected chi connectivity index (χ0v) is 17.2. The minimum absolute atomic E-state index is 0.000205. The van der Waals surface area contributed by atoms with Crippen molar-refractivity contribution < 1.29 is 14.3 Å². The molecule has 2 saturated carbocycles. The standard InChI is InChI=1S/C21H30N6O3/c1-23-13-21(8-4-15(5-9-21)24-16-6-10-30-11-7-16)27-12-17(18(22)28)19(26-27)25-20(29)14-2-3-14/h12,14-16,24H,2-11,13H2,(H2,22,28)(H,25,26,29). The number of carbonyl (C=O) groups is 2. The molecule has 0 atom stereocenters. The highest BCUT2D eigenvalue weighted by Gasteiger charge is 2.42. The largest absolute Gasteiger partial charge is 0.381 e. The summed E-state index contributed by atoms with van der Waals surface area (Å²) in [6, 6.07) is 0.902. The second-order valence-electron chi connectivity index (χ2n) is 8.83. The number of rotatable bonds is 7. The molecule has 30 heavy (non-hydrogen) atoms. The van der Waals surface area contributed by atoms with Crippen LogP contribution in [-0.4, -0.2) is 53.4 Å². The summed E-state index contributed by atoms with van der Waals surface area (Å²) >= 11 is 0. The summed E-state index contributed by atoms with van der Waals surface area (Å²) in [5.74, 6) is -0.530. The number of amides is 2. The highest BCUT2D eigenvalue weighted by molar-refractivity contribution is 6.02. The molecule has 4 rings (SSSR count). The van der Waals surface area contributed by atoms with E-state index in [9.17, 15) is 9.59 Å². The van der Waals surface area contributed by atoms with Crippen LogP contribution in [0.3, 0.4) is 0 Å². The molecule has 162 valence electrons. The molecule has 0 spiro atoms. The Morgan fingerprint density at radius 2 is 1.87 bits per heavy atom. The maximum Gasteiger partial charge on any atom is 0.254 e. The zero-order chi connectivity index (χ0) is 21.1. The van der Waals surface area contributed by atoms with Gasteiger partial charge in [-0.3, -0.25) is 14.3 Å². The molecule has 3 fully saturated rings. The van der Waals surface area contributed by atoms with Gasteiger partial charge in [-0.05, 0) is 51.4 Å². The quantitative estimate of drug-likeness (QED) is 0.587. The lowest BCUT2D eigenvalue weighted by molar-refractivity contribution is -0.117. The molecule has 2 amide bonds. The third kappa shape index (κ3) is 4.50. The number of hydrogen-bond donors (Lipinski definition) is 3. The fraction of sp³-hybridized carbons (Fsp3) is 0.714. The number of hydrogen-bond acceptors (Lipinski definition) is 5. The van der Waals surface area contributed by atoms with Crippen LogP contribution in [0.2, 0.25) is 0 Å². The maximum atomic E-state index is 12.2. The lowest BCUT2D eigenvalue weighted by Gasteiger charge is -2.39. The molecular formula is C21H30N6O3. The number of aromatic nitrogens is 2. The van der Waals surface area contributed by atoms with E-state index in [0.717, 1.165) is 64.6 Å². The van der Waals surface area contributed by atoms with Gasteiger partial charge in [0.05, 0.1) is 0 Å². The summed E-state index contributed by atoms with van der Waals surface area (Å²) in [4.78, 5) is 27.8. The first kappa shape index (κ1) is 20.8. The summed E-state index contributed by atoms with van der Waals surface area (Å²) in [5.41, 5.74) is 5.26. The predicted octanol–water partition coefficient (Wildman–Crippen LogP) is 1.66. The first-order valence-corrected chi connectivity index (χ1v) is 10.9. The van der Waals surface area contributed by atoms with E-state index in [1.807, 2.05) is 0 Å². The molecule has 2 aliphatic carbocycles. The van der Waals surface area contributed by atoms with Crippen LogP contribution in [0, 0.1) is 12.5 Å². The van der Waals surface area contributed by atoms with Gasteiger partial charge in [-0.2, -0.15) is 5.10 Å². The van der Waals surface area contributed by atoms with Crippen LogP contribution in [-0.2, 0) is 15.1 Å². The smallest absolute Gasteiger partial charge is 0.254 e. The van der Waals surface area contributed by atoms with Crippen molar-refractivity contribution in [2.45, 2.75) is 69.0 Å². The molecule has 9 nitrogen and oxygen atoms in total. The summed E-state index contributed by atoms with van der Waals surface area (Å²) in [7, 11) is 0. The Labute approximate surface area is 176 Å². The summed E-state index contributed by atoms with van der Waals surface area (Å²) < 4.78 is 7.16. The van der Waals surface area contributed by atoms with E-state index in [1.165, 1.54) is 0 Å². The number of primary amides is 1. The van der Waals surface area contributed by atoms with Gasteiger partial charge >= 0.3 is 0 Å². The van der Waals surface area contributed by atoms with Gasteiger partial charge in [0.25, 0.3) is 5.91 Å². The van der Waals surface area contributed by atoms with Gasteiger partial charge < -0.3 is 25.9 Å². The van der Waals surface area contributed by atoms with E-state index < -0.39 is 11.4 Å². The lowest BCUT2D eigenvalue weighted by atomic mass is 9.79. The van der Waals surface area contributed by atoms with Crippen molar-refractivity contribution in [2.75, 3.05) is 25.1 Å². The van der Waals surface area contributed by atoms with Crippen LogP contribution >= 0.6 is 0 Å². The predicted molar refractivity (Wildman–Crippen MR) is 111 cm³/mol. The normalized spacial score (nSPS) is 27.4. The van der Waals surface area contributed by atoms with Gasteiger partial charge in [-0.1, -0.05) is 0 Å². The van der Waals surface area contributed by atoms with Gasteiger partial charge in [0.2, 0.25) is 12.5 Å². The molecular weight excluding hydrogens is 384 g/mol. The van der Waals surface area contributed by atoms with E-state index >= 15 is 0 Å². The Kier molecular flexibility index (Phi) is 6.06. The van der Waals surface area contributed by atoms with E-state index in [2.05, 4.69) is 20.6 Å². The van der Waals surface area contributed by atoms with Crippen LogP contribution in [0.25, 0.3) is 4.85 Å². The van der Waals surface area contributed by atoms with Crippen molar-refractivity contribution in [1.82, 2.24) is 15.1 Å². The first-order valence-electron chi connectivity index (χ1n) is 10.9. The second kappa shape index (κ2) is 8.74. The summed E-state index contributed by atoms with van der Waals surface area (Å²) in [5, 5.41) is 11.1. The number of nitrogens with one attached hydrogen (secondary N) is 2. The molecule has 0 radical (unpaired) electrons. The van der Waals surface area contributed by atoms with Crippen molar-refractivity contribution in [3.05, 3.63) is 23.2 Å². The van der Waals surface area contributed by atoms with E-state index in [1.54, 1.807) is 10.9 Å². The molecule has 0 aromatic carbocycles. The van der Waals surface area contributed by atoms with E-state index in [4.69, 9.17) is 17.0 Å². The van der Waals surface area contributed by atoms with Crippen LogP contribution in [0.1, 0.15) is 61.7 Å². The minimum Gasteiger partial charge on any atom is -0.381 e. The Morgan fingerprint density at radius 3 is 2.47 bits per heavy atom. The highest BCUT2D eigenvalue weighted by atomic mass is 16.5. The number of ether oxygens (including phenoxy) is 1. The average molecular weight is 415 g/mol. The summed E-state index contributed by atoms with van der Waals surface area (Å²) in [6.07, 6.45) is 8.85. The average Bonchev–Trinajstić information content (AvgIpc) is 3.51. The van der Waals surface area contributed by atoms with Gasteiger partial charge in [0, 0.05) is 37.4 Å². The van der Waals surface area contributed by atoms with Crippen LogP contribution in [0.4, 0.5) is 5.82 Å². The topological polar surface area (TPSA) is 116 Å². The minimum atomic E-state index is -0.625. The number of anilines is 1. The molecule has 1 aromatic rings. The van der Waals surface area contributed by atoms with Crippen LogP contribution in [0.5, 0.6) is 0 Å². The Hall–Kier alpha value is -2.44. The third-order valence-corrected chi connectivity index (χ3v) is 6.64. The molecule has 2 heterocycles. The molecule has 1 aromatic heterocycles. The van der Waals surface area contributed by atoms with Gasteiger partial charge in [0.1, 0.15) is 11.1 Å². The molecule has 0 bridgehead atoms. The lowest BCUT2D eigenvalue weighted by Crippen LogP contribution is -2.48. The maximum absolute atomic E-state index is 12.2. The summed E-state index contributed by atoms with van der Waals surface area (Å²) in [6.45, 7) is 9.39. The molecule has 1 aliphatic heterocycles. The van der Waals surface area contributed by atoms with Crippen molar-refractivity contribution in [1.29, 1.82) is 0 Å². The first-order chi connectivity index (χ1) is 14.5. The van der Waals surface area contributed by atoms with Gasteiger partial charge in [-0.15, -0.1) is 0 Å². The van der Waals surface area contributed by atoms with Crippen molar-refractivity contribution in [2.24, 2.45) is 11.7 Å². The molecule has 9 heteroatoms. The van der Waals surface area contributed by atoms with Crippen LogP contribution < -0.4 is 16.4 Å². The number of nitrogens with zero attached hydrogens (tertiary/aromatic N) is 3. The Bertz CT molecular complexity index is 826. The second-order valence-corrected chi connectivity index (χ2v) is 8.83. The fourth-order valence-corrected chi connectivity index (χ4v) is 4.58. The molecule has 3 aliphatic rings. The van der Waals surface area contributed by atoms with Gasteiger partial charge in [-0.25, -0.2) is 6.57 Å². The van der Waals surface area contributed by atoms with Crippen molar-refractivity contribution in [3.63, 3.8) is 0 Å². The molecule has 4 N–H and O–H groups in total. The van der Waals surface area contributed by atoms with Gasteiger partial charge in [0.15, 0.2) is 5.82 Å². The third-order valence-electron chi connectivity index (χ3n) is 6.64. The monoisotopic (exact) mass is 414 g/mol. The molecule has 1 saturated heterocycles. The van der Waals surface area contributed by atoms with Crippen molar-refractivity contribution >= 4 is 17.6 Å². The number of nitrogens with two attached hydrogens (primary N) is 1. The Morgan fingerprint density at radius 1 is 1.20 bits per heavy atom. The number of carbonyl (C=O) groups excluding carboxylic acids is 2. The van der Waals surface area contributed by atoms with E-state index in [-0.39, 0.29) is 29.8 Å². The highest BCUT2D eigenvalue weighted by Crippen LogP contribution is 2.37. The van der Waals surface area contributed by atoms with E-state index in [0.29, 0.717) is 12.1 Å². The molecule has 0 unspecified atom stereocenters. The Balaban J connectivity index is 1.49. The van der Waals surface area contributed by atoms with Crippen molar-refractivity contribution in [3.8, 4) is 0 Å². The van der Waals surface area contributed by atoms with Crippen LogP contribution in [0.15, 0.2) is 6.20 Å². The zero-order valence-electron chi connectivity index (χ0n) is 17.2. The SMILES string of the molecule is [C-]#[N+]CC1(n2cc(C(N)=O)c(NC(=O)C3CC3)n2)CCC(NC2CCOCC2)CC1.